The van der Waals surface area contributed by atoms with E-state index in [1.807, 2.05) is 11.5 Å². The maximum Gasteiger partial charge on any atom is 0.313 e. The molecule has 5 nitrogen and oxygen atoms in total. The van der Waals surface area contributed by atoms with Gasteiger partial charge in [-0.2, -0.15) is 0 Å². The average molecular weight is 229 g/mol. The molecule has 0 saturated heterocycles. The van der Waals surface area contributed by atoms with Crippen molar-refractivity contribution in [2.24, 2.45) is 0 Å². The van der Waals surface area contributed by atoms with E-state index in [4.69, 9.17) is 5.11 Å². The first kappa shape index (κ1) is 12.0. The van der Waals surface area contributed by atoms with Crippen LogP contribution in [0.15, 0.2) is 5.16 Å². The topological polar surface area (TPSA) is 68.0 Å². The SMILES string of the molecule is CCCCn1c(C)nnc1SCC(=O)O. The Morgan fingerprint density at radius 2 is 2.27 bits per heavy atom. The number of carboxylic acid groups (broad SMARTS) is 1. The third kappa shape index (κ3) is 3.54. The molecule has 0 aliphatic rings. The summed E-state index contributed by atoms with van der Waals surface area (Å²) in [4.78, 5) is 10.4. The lowest BCUT2D eigenvalue weighted by Gasteiger charge is -2.05. The van der Waals surface area contributed by atoms with E-state index in [1.165, 1.54) is 11.8 Å². The Morgan fingerprint density at radius 1 is 1.53 bits per heavy atom. The van der Waals surface area contributed by atoms with Crippen molar-refractivity contribution >= 4 is 17.7 Å². The third-order valence-corrected chi connectivity index (χ3v) is 2.91. The predicted octanol–water partition coefficient (Wildman–Crippen LogP) is 1.56. The molecule has 0 spiro atoms. The van der Waals surface area contributed by atoms with Gasteiger partial charge < -0.3 is 9.67 Å². The summed E-state index contributed by atoms with van der Waals surface area (Å²) in [6.07, 6.45) is 2.15. The zero-order valence-corrected chi connectivity index (χ0v) is 9.75. The fourth-order valence-electron chi connectivity index (χ4n) is 1.17. The molecule has 0 amide bonds. The van der Waals surface area contributed by atoms with Crippen LogP contribution in [-0.2, 0) is 11.3 Å². The number of hydrogen-bond donors (Lipinski definition) is 1. The zero-order chi connectivity index (χ0) is 11.3. The molecule has 0 unspecified atom stereocenters. The lowest BCUT2D eigenvalue weighted by atomic mass is 10.3. The minimum absolute atomic E-state index is 0.0320. The second kappa shape index (κ2) is 5.75. The second-order valence-electron chi connectivity index (χ2n) is 3.22. The molecule has 0 saturated carbocycles. The van der Waals surface area contributed by atoms with Crippen molar-refractivity contribution in [2.75, 3.05) is 5.75 Å². The van der Waals surface area contributed by atoms with Crippen molar-refractivity contribution in [3.63, 3.8) is 0 Å². The molecule has 1 aromatic rings. The fourth-order valence-corrected chi connectivity index (χ4v) is 1.90. The lowest BCUT2D eigenvalue weighted by molar-refractivity contribution is -0.133. The number of carboxylic acids is 1. The van der Waals surface area contributed by atoms with Crippen LogP contribution in [0.4, 0.5) is 0 Å². The van der Waals surface area contributed by atoms with Crippen LogP contribution in [0.25, 0.3) is 0 Å². The number of aryl methyl sites for hydroxylation is 1. The summed E-state index contributed by atoms with van der Waals surface area (Å²) < 4.78 is 1.97. The van der Waals surface area contributed by atoms with Gasteiger partial charge in [-0.05, 0) is 13.3 Å². The van der Waals surface area contributed by atoms with Crippen molar-refractivity contribution in [1.29, 1.82) is 0 Å². The van der Waals surface area contributed by atoms with E-state index in [0.29, 0.717) is 5.16 Å². The van der Waals surface area contributed by atoms with Crippen molar-refractivity contribution in [1.82, 2.24) is 14.8 Å². The van der Waals surface area contributed by atoms with Gasteiger partial charge in [0, 0.05) is 6.54 Å². The number of thioether (sulfide) groups is 1. The maximum atomic E-state index is 10.4. The molecule has 0 fully saturated rings. The summed E-state index contributed by atoms with van der Waals surface area (Å²) in [5.74, 6) is 0.0450. The molecule has 0 atom stereocenters. The number of hydrogen-bond acceptors (Lipinski definition) is 4. The first-order valence-corrected chi connectivity index (χ1v) is 5.88. The number of rotatable bonds is 6. The van der Waals surface area contributed by atoms with Gasteiger partial charge in [0.2, 0.25) is 0 Å². The van der Waals surface area contributed by atoms with Crippen LogP contribution >= 0.6 is 11.8 Å². The van der Waals surface area contributed by atoms with Crippen molar-refractivity contribution < 1.29 is 9.90 Å². The molecular weight excluding hydrogens is 214 g/mol. The van der Waals surface area contributed by atoms with Crippen molar-refractivity contribution in [2.45, 2.75) is 38.4 Å². The minimum atomic E-state index is -0.831. The summed E-state index contributed by atoms with van der Waals surface area (Å²) in [6, 6.07) is 0. The molecule has 84 valence electrons. The molecule has 1 heterocycles. The Kier molecular flexibility index (Phi) is 4.61. The van der Waals surface area contributed by atoms with E-state index < -0.39 is 5.97 Å². The smallest absolute Gasteiger partial charge is 0.313 e. The largest absolute Gasteiger partial charge is 0.481 e. The van der Waals surface area contributed by atoms with Crippen LogP contribution in [0, 0.1) is 6.92 Å². The van der Waals surface area contributed by atoms with Crippen LogP contribution in [0.2, 0.25) is 0 Å². The van der Waals surface area contributed by atoms with Crippen LogP contribution in [0.5, 0.6) is 0 Å². The quantitative estimate of drug-likeness (QED) is 0.750. The number of aromatic nitrogens is 3. The Bertz CT molecular complexity index is 338. The van der Waals surface area contributed by atoms with Crippen LogP contribution in [0.3, 0.4) is 0 Å². The molecule has 0 aliphatic heterocycles. The Hall–Kier alpha value is -1.04. The zero-order valence-electron chi connectivity index (χ0n) is 8.93. The molecule has 1 N–H and O–H groups in total. The summed E-state index contributed by atoms with van der Waals surface area (Å²) in [5, 5.41) is 17.2. The summed E-state index contributed by atoms with van der Waals surface area (Å²) in [5.41, 5.74) is 0. The van der Waals surface area contributed by atoms with E-state index in [1.54, 1.807) is 0 Å². The number of aliphatic carboxylic acids is 1. The lowest BCUT2D eigenvalue weighted by Crippen LogP contribution is -2.04. The van der Waals surface area contributed by atoms with E-state index in [0.717, 1.165) is 25.2 Å². The first-order valence-electron chi connectivity index (χ1n) is 4.89. The van der Waals surface area contributed by atoms with Gasteiger partial charge in [0.1, 0.15) is 5.82 Å². The van der Waals surface area contributed by atoms with Crippen molar-refractivity contribution in [3.8, 4) is 0 Å². The summed E-state index contributed by atoms with van der Waals surface area (Å²) in [7, 11) is 0. The van der Waals surface area contributed by atoms with Crippen LogP contribution in [-0.4, -0.2) is 31.6 Å². The second-order valence-corrected chi connectivity index (χ2v) is 4.16. The molecule has 0 aromatic carbocycles. The molecule has 0 aliphatic carbocycles. The Labute approximate surface area is 92.9 Å². The van der Waals surface area contributed by atoms with Gasteiger partial charge >= 0.3 is 5.97 Å². The van der Waals surface area contributed by atoms with Crippen molar-refractivity contribution in [3.05, 3.63) is 5.82 Å². The first-order chi connectivity index (χ1) is 7.15. The molecule has 1 aromatic heterocycles. The third-order valence-electron chi connectivity index (χ3n) is 1.96. The normalized spacial score (nSPS) is 10.5. The fraction of sp³-hybridized carbons (Fsp3) is 0.667. The highest BCUT2D eigenvalue weighted by molar-refractivity contribution is 7.99. The van der Waals surface area contributed by atoms with E-state index >= 15 is 0 Å². The molecule has 0 radical (unpaired) electrons. The maximum absolute atomic E-state index is 10.4. The highest BCUT2D eigenvalue weighted by atomic mass is 32.2. The molecule has 0 bridgehead atoms. The number of nitrogens with zero attached hydrogens (tertiary/aromatic N) is 3. The monoisotopic (exact) mass is 229 g/mol. The molecule has 6 heteroatoms. The van der Waals surface area contributed by atoms with Crippen LogP contribution < -0.4 is 0 Å². The predicted molar refractivity (Wildman–Crippen MR) is 58.0 cm³/mol. The minimum Gasteiger partial charge on any atom is -0.481 e. The van der Waals surface area contributed by atoms with E-state index in [2.05, 4.69) is 17.1 Å². The highest BCUT2D eigenvalue weighted by Crippen LogP contribution is 2.17. The van der Waals surface area contributed by atoms with Crippen LogP contribution in [0.1, 0.15) is 25.6 Å². The average Bonchev–Trinajstić information content (AvgIpc) is 2.53. The van der Waals surface area contributed by atoms with Gasteiger partial charge in [0.25, 0.3) is 0 Å². The van der Waals surface area contributed by atoms with Gasteiger partial charge in [0.05, 0.1) is 5.75 Å². The van der Waals surface area contributed by atoms with Gasteiger partial charge in [-0.1, -0.05) is 25.1 Å². The Balaban J connectivity index is 2.65. The molecular formula is C9H15N3O2S. The van der Waals surface area contributed by atoms with Gasteiger partial charge in [-0.3, -0.25) is 4.79 Å². The van der Waals surface area contributed by atoms with Gasteiger partial charge in [0.15, 0.2) is 5.16 Å². The molecule has 15 heavy (non-hydrogen) atoms. The number of carbonyl (C=O) groups is 1. The highest BCUT2D eigenvalue weighted by Gasteiger charge is 2.10. The Morgan fingerprint density at radius 3 is 2.87 bits per heavy atom. The summed E-state index contributed by atoms with van der Waals surface area (Å²) >= 11 is 1.22. The van der Waals surface area contributed by atoms with E-state index in [9.17, 15) is 4.79 Å². The van der Waals surface area contributed by atoms with E-state index in [-0.39, 0.29) is 5.75 Å². The standard InChI is InChI=1S/C9H15N3O2S/c1-3-4-5-12-7(2)10-11-9(12)15-6-8(13)14/h3-6H2,1-2H3,(H,13,14). The number of unbranched alkanes of at least 4 members (excludes halogenated alkanes) is 1. The molecule has 1 rings (SSSR count). The van der Waals surface area contributed by atoms with Gasteiger partial charge in [-0.25, -0.2) is 0 Å². The summed E-state index contributed by atoms with van der Waals surface area (Å²) in [6.45, 7) is 4.86. The van der Waals surface area contributed by atoms with Gasteiger partial charge in [-0.15, -0.1) is 10.2 Å².